The Balaban J connectivity index is 0.00000171. The molecular formula is C24H28Cl2N4O. The Kier molecular flexibility index (Phi) is 8.87. The Morgan fingerprint density at radius 1 is 1.00 bits per heavy atom. The second-order valence-electron chi connectivity index (χ2n) is 7.52. The van der Waals surface area contributed by atoms with Crippen molar-refractivity contribution in [3.8, 4) is 0 Å². The van der Waals surface area contributed by atoms with Gasteiger partial charge in [0.1, 0.15) is 5.82 Å². The number of hydrogen-bond acceptors (Lipinski definition) is 4. The fourth-order valence-corrected chi connectivity index (χ4v) is 4.03. The number of benzene rings is 2. The fourth-order valence-electron chi connectivity index (χ4n) is 4.03. The first kappa shape index (κ1) is 24.7. The lowest BCUT2D eigenvalue weighted by Gasteiger charge is -2.19. The van der Waals surface area contributed by atoms with Crippen molar-refractivity contribution in [2.75, 3.05) is 31.6 Å². The number of likely N-dealkylation sites (tertiary alicyclic amines) is 1. The van der Waals surface area contributed by atoms with Gasteiger partial charge in [-0.25, -0.2) is 4.98 Å². The Morgan fingerprint density at radius 2 is 1.65 bits per heavy atom. The van der Waals surface area contributed by atoms with Crippen molar-refractivity contribution in [1.29, 1.82) is 0 Å². The number of pyridine rings is 1. The molecule has 4 rings (SSSR count). The number of para-hydroxylation sites is 1. The first-order chi connectivity index (χ1) is 14.2. The average Bonchev–Trinajstić information content (AvgIpc) is 3.24. The molecule has 0 unspecified atom stereocenters. The van der Waals surface area contributed by atoms with Gasteiger partial charge in [0.05, 0.1) is 5.56 Å². The molecule has 7 heteroatoms. The smallest absolute Gasteiger partial charge is 0.255 e. The summed E-state index contributed by atoms with van der Waals surface area (Å²) in [7, 11) is 1.97. The topological polar surface area (TPSA) is 62.5 Å². The zero-order chi connectivity index (χ0) is 20.2. The van der Waals surface area contributed by atoms with Crippen LogP contribution in [0.1, 0.15) is 21.8 Å². The molecule has 0 saturated carbocycles. The maximum atomic E-state index is 13.1. The normalized spacial score (nSPS) is 17.4. The van der Waals surface area contributed by atoms with Crippen LogP contribution in [0.15, 0.2) is 79.0 Å². The van der Waals surface area contributed by atoms with E-state index in [0.717, 1.165) is 11.5 Å². The Hall–Kier alpha value is -2.60. The van der Waals surface area contributed by atoms with Gasteiger partial charge in [-0.15, -0.1) is 24.8 Å². The lowest BCUT2D eigenvalue weighted by molar-refractivity contribution is 0.0786. The van der Waals surface area contributed by atoms with Gasteiger partial charge in [0.25, 0.3) is 5.91 Å². The number of nitrogens with two attached hydrogens (primary N) is 1. The van der Waals surface area contributed by atoms with E-state index in [9.17, 15) is 4.79 Å². The maximum Gasteiger partial charge on any atom is 0.255 e. The first-order valence-electron chi connectivity index (χ1n) is 9.96. The van der Waals surface area contributed by atoms with E-state index in [4.69, 9.17) is 5.73 Å². The lowest BCUT2D eigenvalue weighted by atomic mass is 9.89. The minimum Gasteiger partial charge on any atom is -0.338 e. The lowest BCUT2D eigenvalue weighted by Crippen LogP contribution is -2.30. The summed E-state index contributed by atoms with van der Waals surface area (Å²) in [5.41, 5.74) is 8.92. The molecule has 2 N–H and O–H groups in total. The van der Waals surface area contributed by atoms with Crippen LogP contribution in [0.4, 0.5) is 11.5 Å². The molecule has 1 aromatic heterocycles. The molecule has 164 valence electrons. The molecule has 1 aliphatic rings. The van der Waals surface area contributed by atoms with Crippen LogP contribution in [0.25, 0.3) is 0 Å². The highest BCUT2D eigenvalue weighted by molar-refractivity contribution is 5.94. The van der Waals surface area contributed by atoms with E-state index in [1.165, 1.54) is 5.56 Å². The molecule has 2 aromatic carbocycles. The third-order valence-electron chi connectivity index (χ3n) is 5.74. The average molecular weight is 459 g/mol. The van der Waals surface area contributed by atoms with Crippen LogP contribution in [-0.4, -0.2) is 42.5 Å². The summed E-state index contributed by atoms with van der Waals surface area (Å²) in [6.07, 6.45) is 1.67. The summed E-state index contributed by atoms with van der Waals surface area (Å²) in [6.45, 7) is 1.94. The van der Waals surface area contributed by atoms with E-state index in [2.05, 4.69) is 17.1 Å². The highest BCUT2D eigenvalue weighted by atomic mass is 35.5. The maximum absolute atomic E-state index is 13.1. The highest BCUT2D eigenvalue weighted by Gasteiger charge is 2.35. The van der Waals surface area contributed by atoms with Gasteiger partial charge in [-0.2, -0.15) is 0 Å². The summed E-state index contributed by atoms with van der Waals surface area (Å²) in [5.74, 6) is 1.37. The number of rotatable bonds is 5. The number of anilines is 2. The van der Waals surface area contributed by atoms with Gasteiger partial charge in [-0.3, -0.25) is 4.79 Å². The molecule has 5 nitrogen and oxygen atoms in total. The molecule has 0 radical (unpaired) electrons. The predicted molar refractivity (Wildman–Crippen MR) is 131 cm³/mol. The molecule has 0 aliphatic carbocycles. The number of carbonyl (C=O) groups excluding carboxylic acids is 1. The van der Waals surface area contributed by atoms with Gasteiger partial charge in [0.15, 0.2) is 0 Å². The van der Waals surface area contributed by atoms with Crippen molar-refractivity contribution in [1.82, 2.24) is 9.88 Å². The molecule has 2 heterocycles. The molecule has 1 saturated heterocycles. The second-order valence-corrected chi connectivity index (χ2v) is 7.52. The van der Waals surface area contributed by atoms with Gasteiger partial charge >= 0.3 is 0 Å². The summed E-state index contributed by atoms with van der Waals surface area (Å²) in [6, 6.07) is 24.1. The molecule has 2 atom stereocenters. The van der Waals surface area contributed by atoms with E-state index < -0.39 is 0 Å². The molecule has 0 spiro atoms. The Labute approximate surface area is 196 Å². The summed E-state index contributed by atoms with van der Waals surface area (Å²) in [4.78, 5) is 21.5. The molecule has 1 amide bonds. The second kappa shape index (κ2) is 11.1. The summed E-state index contributed by atoms with van der Waals surface area (Å²) < 4.78 is 0. The van der Waals surface area contributed by atoms with Crippen molar-refractivity contribution in [2.24, 2.45) is 11.7 Å². The van der Waals surface area contributed by atoms with E-state index in [-0.39, 0.29) is 42.6 Å². The number of amides is 1. The van der Waals surface area contributed by atoms with Crippen LogP contribution in [0.3, 0.4) is 0 Å². The van der Waals surface area contributed by atoms with Gasteiger partial charge in [0.2, 0.25) is 0 Å². The number of nitrogens with zero attached hydrogens (tertiary/aromatic N) is 3. The van der Waals surface area contributed by atoms with Crippen LogP contribution in [0.5, 0.6) is 0 Å². The van der Waals surface area contributed by atoms with Crippen molar-refractivity contribution in [3.63, 3.8) is 0 Å². The van der Waals surface area contributed by atoms with Crippen molar-refractivity contribution in [2.45, 2.75) is 5.92 Å². The standard InChI is InChI=1S/C24H26N4O.2ClH/c1-27(21-10-6-3-7-11-21)23-13-12-19(15-26-23)24(29)28-16-20(14-25)22(17-28)18-8-4-2-5-9-18;;/h2-13,15,20,22H,14,16-17,25H2,1H3;2*1H/t20-,22+;;/m1../s1. The van der Waals surface area contributed by atoms with Crippen LogP contribution < -0.4 is 10.6 Å². The minimum absolute atomic E-state index is 0. The largest absolute Gasteiger partial charge is 0.338 e. The van der Waals surface area contributed by atoms with Crippen LogP contribution in [0, 0.1) is 5.92 Å². The van der Waals surface area contributed by atoms with Crippen LogP contribution in [0.2, 0.25) is 0 Å². The zero-order valence-corrected chi connectivity index (χ0v) is 19.1. The van der Waals surface area contributed by atoms with Crippen molar-refractivity contribution in [3.05, 3.63) is 90.1 Å². The Bertz CT molecular complexity index is 954. The molecule has 1 fully saturated rings. The number of aromatic nitrogens is 1. The van der Waals surface area contributed by atoms with Gasteiger partial charge in [-0.05, 0) is 42.3 Å². The van der Waals surface area contributed by atoms with Crippen molar-refractivity contribution >= 4 is 42.2 Å². The molecule has 0 bridgehead atoms. The van der Waals surface area contributed by atoms with E-state index in [0.29, 0.717) is 25.2 Å². The highest BCUT2D eigenvalue weighted by Crippen LogP contribution is 2.33. The summed E-state index contributed by atoms with van der Waals surface area (Å²) in [5, 5.41) is 0. The number of halogens is 2. The third-order valence-corrected chi connectivity index (χ3v) is 5.74. The summed E-state index contributed by atoms with van der Waals surface area (Å²) >= 11 is 0. The fraction of sp³-hybridized carbons (Fsp3) is 0.250. The minimum atomic E-state index is 0. The molecule has 1 aliphatic heterocycles. The quantitative estimate of drug-likeness (QED) is 0.610. The van der Waals surface area contributed by atoms with Gasteiger partial charge in [-0.1, -0.05) is 48.5 Å². The third kappa shape index (κ3) is 5.37. The first-order valence-corrected chi connectivity index (χ1v) is 9.96. The van der Waals surface area contributed by atoms with Crippen LogP contribution >= 0.6 is 24.8 Å². The molecule has 3 aromatic rings. The van der Waals surface area contributed by atoms with E-state index in [1.54, 1.807) is 6.20 Å². The molecular weight excluding hydrogens is 431 g/mol. The predicted octanol–water partition coefficient (Wildman–Crippen LogP) is 4.51. The monoisotopic (exact) mass is 458 g/mol. The Morgan fingerprint density at radius 3 is 2.23 bits per heavy atom. The number of carbonyl (C=O) groups is 1. The molecule has 31 heavy (non-hydrogen) atoms. The number of hydrogen-bond donors (Lipinski definition) is 1. The van der Waals surface area contributed by atoms with E-state index >= 15 is 0 Å². The van der Waals surface area contributed by atoms with Crippen molar-refractivity contribution < 1.29 is 4.79 Å². The van der Waals surface area contributed by atoms with Gasteiger partial charge in [0, 0.05) is 37.9 Å². The van der Waals surface area contributed by atoms with E-state index in [1.807, 2.05) is 77.5 Å². The SMILES string of the molecule is CN(c1ccccc1)c1ccc(C(=O)N2C[C@@H](CN)[C@H](c3ccccc3)C2)cn1.Cl.Cl. The zero-order valence-electron chi connectivity index (χ0n) is 17.4. The van der Waals surface area contributed by atoms with Crippen LogP contribution in [-0.2, 0) is 0 Å². The van der Waals surface area contributed by atoms with Gasteiger partial charge < -0.3 is 15.5 Å².